The van der Waals surface area contributed by atoms with Crippen LogP contribution in [0.15, 0.2) is 76.5 Å². The molecule has 1 N–H and O–H groups in total. The molecule has 0 radical (unpaired) electrons. The summed E-state index contributed by atoms with van der Waals surface area (Å²) in [6, 6.07) is 19.2. The predicted octanol–water partition coefficient (Wildman–Crippen LogP) is 4.12. The molecule has 2 amide bonds. The summed E-state index contributed by atoms with van der Waals surface area (Å²) in [5.41, 5.74) is 2.08. The number of hydrogen-bond donors (Lipinski definition) is 1. The van der Waals surface area contributed by atoms with E-state index in [1.54, 1.807) is 59.5 Å². The monoisotopic (exact) mass is 537 g/mol. The number of nitrogens with one attached hydrogen (secondary N) is 1. The second kappa shape index (κ2) is 11.6. The Morgan fingerprint density at radius 3 is 2.62 bits per heavy atom. The van der Waals surface area contributed by atoms with E-state index < -0.39 is 10.8 Å². The van der Waals surface area contributed by atoms with Gasteiger partial charge in [0.2, 0.25) is 0 Å². The lowest BCUT2D eigenvalue weighted by atomic mass is 10.1. The first kappa shape index (κ1) is 25.6. The fraction of sp³-hybridized carbons (Fsp3) is 0.286. The van der Waals surface area contributed by atoms with Gasteiger partial charge in [-0.1, -0.05) is 35.9 Å². The standard InChI is InChI=1S/C28H28ClN3O4S/c29-22-6-3-5-20(17-22)19-32-24-18-21(27(33)30-11-4-12-31-13-15-36-16-14-31)9-10-26(24)37(35)25-8-2-1-7-23(25)28(32)34/h1-3,5-10,17-18H,4,11-16,19H2,(H,30,33)/t37-/m1/s1. The van der Waals surface area contributed by atoms with Crippen LogP contribution in [0.3, 0.4) is 0 Å². The lowest BCUT2D eigenvalue weighted by molar-refractivity contribution is 0.0374. The third kappa shape index (κ3) is 5.78. The number of nitrogens with zero attached hydrogens (tertiary/aromatic N) is 2. The maximum atomic E-state index is 13.7. The van der Waals surface area contributed by atoms with Gasteiger partial charge in [0.05, 0.1) is 51.6 Å². The van der Waals surface area contributed by atoms with Crippen molar-refractivity contribution in [3.63, 3.8) is 0 Å². The number of carbonyl (C=O) groups is 2. The van der Waals surface area contributed by atoms with E-state index in [4.69, 9.17) is 16.3 Å². The third-order valence-corrected chi connectivity index (χ3v) is 8.28. The lowest BCUT2D eigenvalue weighted by Crippen LogP contribution is -2.38. The number of anilines is 1. The summed E-state index contributed by atoms with van der Waals surface area (Å²) < 4.78 is 18.9. The number of carbonyl (C=O) groups excluding carboxylic acids is 2. The molecule has 0 aliphatic carbocycles. The Bertz CT molecular complexity index is 1340. The maximum Gasteiger partial charge on any atom is 0.259 e. The van der Waals surface area contributed by atoms with E-state index >= 15 is 0 Å². The predicted molar refractivity (Wildman–Crippen MR) is 144 cm³/mol. The van der Waals surface area contributed by atoms with E-state index in [9.17, 15) is 13.8 Å². The second-order valence-corrected chi connectivity index (χ2v) is 10.9. The smallest absolute Gasteiger partial charge is 0.259 e. The number of rotatable bonds is 7. The van der Waals surface area contributed by atoms with Crippen LogP contribution in [0.5, 0.6) is 0 Å². The molecule has 0 bridgehead atoms. The first-order valence-electron chi connectivity index (χ1n) is 12.3. The summed E-state index contributed by atoms with van der Waals surface area (Å²) in [7, 11) is -1.58. The van der Waals surface area contributed by atoms with Crippen molar-refractivity contribution >= 4 is 39.9 Å². The normalized spacial score (nSPS) is 17.6. The SMILES string of the molecule is O=C(NCCCN1CCOCC1)c1ccc2c(c1)N(Cc1cccc(Cl)c1)C(=O)c1ccccc1[S@]2=O. The van der Waals surface area contributed by atoms with E-state index in [2.05, 4.69) is 10.2 Å². The van der Waals surface area contributed by atoms with Crippen LogP contribution in [0.4, 0.5) is 5.69 Å². The summed E-state index contributed by atoms with van der Waals surface area (Å²) in [6.45, 7) is 4.98. The molecule has 2 heterocycles. The summed E-state index contributed by atoms with van der Waals surface area (Å²) in [6.07, 6.45) is 0.829. The molecule has 0 unspecified atom stereocenters. The molecule has 0 spiro atoms. The van der Waals surface area contributed by atoms with Gasteiger partial charge in [0, 0.05) is 30.2 Å². The van der Waals surface area contributed by atoms with Crippen LogP contribution in [-0.2, 0) is 22.1 Å². The molecule has 37 heavy (non-hydrogen) atoms. The van der Waals surface area contributed by atoms with Crippen LogP contribution in [0.25, 0.3) is 0 Å². The molecule has 7 nitrogen and oxygen atoms in total. The minimum absolute atomic E-state index is 0.225. The van der Waals surface area contributed by atoms with Crippen molar-refractivity contribution in [3.05, 3.63) is 88.4 Å². The number of halogens is 1. The Kier molecular flexibility index (Phi) is 8.00. The van der Waals surface area contributed by atoms with Gasteiger partial charge < -0.3 is 15.0 Å². The Labute approximate surface area is 223 Å². The van der Waals surface area contributed by atoms with Crippen LogP contribution >= 0.6 is 11.6 Å². The maximum absolute atomic E-state index is 13.7. The van der Waals surface area contributed by atoms with Gasteiger partial charge in [-0.05, 0) is 61.0 Å². The van der Waals surface area contributed by atoms with Gasteiger partial charge in [-0.3, -0.25) is 14.5 Å². The van der Waals surface area contributed by atoms with Gasteiger partial charge in [-0.2, -0.15) is 0 Å². The summed E-state index contributed by atoms with van der Waals surface area (Å²) >= 11 is 6.20. The molecule has 9 heteroatoms. The average molecular weight is 538 g/mol. The summed E-state index contributed by atoms with van der Waals surface area (Å²) in [5, 5.41) is 3.54. The first-order chi connectivity index (χ1) is 18.0. The van der Waals surface area contributed by atoms with Crippen molar-refractivity contribution in [1.29, 1.82) is 0 Å². The van der Waals surface area contributed by atoms with Gasteiger partial charge in [0.25, 0.3) is 11.8 Å². The number of morpholine rings is 1. The van der Waals surface area contributed by atoms with Crippen molar-refractivity contribution in [2.75, 3.05) is 44.3 Å². The number of amides is 2. The van der Waals surface area contributed by atoms with Crippen molar-refractivity contribution in [2.24, 2.45) is 0 Å². The highest BCUT2D eigenvalue weighted by molar-refractivity contribution is 7.85. The van der Waals surface area contributed by atoms with E-state index in [1.807, 2.05) is 12.1 Å². The molecule has 2 aliphatic rings. The zero-order valence-corrected chi connectivity index (χ0v) is 21.9. The molecule has 0 aromatic heterocycles. The van der Waals surface area contributed by atoms with Crippen LogP contribution in [0.2, 0.25) is 5.02 Å². The number of fused-ring (bicyclic) bond motifs is 2. The van der Waals surface area contributed by atoms with Crippen molar-refractivity contribution < 1.29 is 18.5 Å². The van der Waals surface area contributed by atoms with Crippen molar-refractivity contribution in [3.8, 4) is 0 Å². The molecule has 3 aromatic carbocycles. The highest BCUT2D eigenvalue weighted by Crippen LogP contribution is 2.36. The number of benzene rings is 3. The largest absolute Gasteiger partial charge is 0.379 e. The topological polar surface area (TPSA) is 79.0 Å². The molecule has 192 valence electrons. The molecule has 5 rings (SSSR count). The molecule has 1 saturated heterocycles. The summed E-state index contributed by atoms with van der Waals surface area (Å²) in [5.74, 6) is -0.502. The average Bonchev–Trinajstić information content (AvgIpc) is 3.01. The fourth-order valence-corrected chi connectivity index (χ4v) is 6.17. The van der Waals surface area contributed by atoms with Crippen LogP contribution in [-0.4, -0.2) is 60.3 Å². The minimum atomic E-state index is -1.58. The van der Waals surface area contributed by atoms with Crippen molar-refractivity contribution in [1.82, 2.24) is 10.2 Å². The van der Waals surface area contributed by atoms with Gasteiger partial charge in [-0.15, -0.1) is 0 Å². The molecule has 3 aromatic rings. The zero-order valence-electron chi connectivity index (χ0n) is 20.3. The van der Waals surface area contributed by atoms with E-state index in [0.29, 0.717) is 38.2 Å². The fourth-order valence-electron chi connectivity index (χ4n) is 4.61. The van der Waals surface area contributed by atoms with Gasteiger partial charge in [0.15, 0.2) is 0 Å². The first-order valence-corrected chi connectivity index (χ1v) is 13.8. The molecular formula is C28H28ClN3O4S. The van der Waals surface area contributed by atoms with Crippen LogP contribution in [0, 0.1) is 0 Å². The van der Waals surface area contributed by atoms with E-state index in [-0.39, 0.29) is 18.4 Å². The minimum Gasteiger partial charge on any atom is -0.379 e. The second-order valence-electron chi connectivity index (χ2n) is 9.03. The van der Waals surface area contributed by atoms with Crippen molar-refractivity contribution in [2.45, 2.75) is 22.8 Å². The van der Waals surface area contributed by atoms with E-state index in [1.165, 1.54) is 0 Å². The Balaban J connectivity index is 1.41. The molecule has 0 saturated carbocycles. The zero-order chi connectivity index (χ0) is 25.8. The quantitative estimate of drug-likeness (QED) is 0.459. The molecule has 1 atom stereocenters. The summed E-state index contributed by atoms with van der Waals surface area (Å²) in [4.78, 5) is 31.6. The Morgan fingerprint density at radius 1 is 1.00 bits per heavy atom. The highest BCUT2D eigenvalue weighted by Gasteiger charge is 2.31. The number of hydrogen-bond acceptors (Lipinski definition) is 5. The number of ether oxygens (including phenoxy) is 1. The van der Waals surface area contributed by atoms with Gasteiger partial charge in [0.1, 0.15) is 0 Å². The molecule has 1 fully saturated rings. The van der Waals surface area contributed by atoms with Gasteiger partial charge >= 0.3 is 0 Å². The van der Waals surface area contributed by atoms with Gasteiger partial charge in [-0.25, -0.2) is 4.21 Å². The Hall–Kier alpha value is -3.04. The third-order valence-electron chi connectivity index (χ3n) is 6.54. The van der Waals surface area contributed by atoms with Crippen LogP contribution in [0.1, 0.15) is 32.7 Å². The lowest BCUT2D eigenvalue weighted by Gasteiger charge is -2.26. The Morgan fingerprint density at radius 2 is 1.81 bits per heavy atom. The highest BCUT2D eigenvalue weighted by atomic mass is 35.5. The molecular weight excluding hydrogens is 510 g/mol. The van der Waals surface area contributed by atoms with E-state index in [0.717, 1.165) is 44.8 Å². The molecule has 2 aliphatic heterocycles. The van der Waals surface area contributed by atoms with Crippen LogP contribution < -0.4 is 10.2 Å².